The number of nitrogens with one attached hydrogen (secondary N) is 3. The lowest BCUT2D eigenvalue weighted by atomic mass is 10.2. The zero-order chi connectivity index (χ0) is 24.0. The highest BCUT2D eigenvalue weighted by molar-refractivity contribution is 6.04. The molecule has 6 heteroatoms. The van der Waals surface area contributed by atoms with E-state index in [2.05, 4.69) is 22.9 Å². The molecule has 3 aromatic carbocycles. The molecule has 0 aliphatic carbocycles. The summed E-state index contributed by atoms with van der Waals surface area (Å²) < 4.78 is 5.78. The lowest BCUT2D eigenvalue weighted by Gasteiger charge is -2.11. The van der Waals surface area contributed by atoms with Crippen LogP contribution in [0.3, 0.4) is 0 Å². The molecule has 0 unspecified atom stereocenters. The van der Waals surface area contributed by atoms with Crippen LogP contribution < -0.4 is 20.7 Å². The molecule has 0 bridgehead atoms. The Hall–Kier alpha value is -3.80. The summed E-state index contributed by atoms with van der Waals surface area (Å²) in [7, 11) is 0. The molecule has 2 amide bonds. The van der Waals surface area contributed by atoms with Crippen molar-refractivity contribution in [3.8, 4) is 5.75 Å². The summed E-state index contributed by atoms with van der Waals surface area (Å²) >= 11 is 0. The minimum absolute atomic E-state index is 0.123. The predicted molar refractivity (Wildman–Crippen MR) is 139 cm³/mol. The Bertz CT molecular complexity index is 1040. The number of hydrogen-bond acceptors (Lipinski definition) is 4. The van der Waals surface area contributed by atoms with Crippen LogP contribution in [0.25, 0.3) is 0 Å². The molecule has 0 fully saturated rings. The van der Waals surface area contributed by atoms with Gasteiger partial charge in [0.25, 0.3) is 5.91 Å². The zero-order valence-electron chi connectivity index (χ0n) is 19.7. The van der Waals surface area contributed by atoms with Crippen molar-refractivity contribution in [1.29, 1.82) is 0 Å². The van der Waals surface area contributed by atoms with Gasteiger partial charge in [-0.05, 0) is 61.0 Å². The summed E-state index contributed by atoms with van der Waals surface area (Å²) in [6.45, 7) is 3.06. The first-order chi connectivity index (χ1) is 16.6. The Kier molecular flexibility index (Phi) is 9.99. The smallest absolute Gasteiger partial charge is 0.255 e. The van der Waals surface area contributed by atoms with Crippen molar-refractivity contribution in [2.24, 2.45) is 0 Å². The fourth-order valence-electron chi connectivity index (χ4n) is 3.42. The molecule has 0 spiro atoms. The molecule has 6 nitrogen and oxygen atoms in total. The second-order valence-electron chi connectivity index (χ2n) is 8.09. The summed E-state index contributed by atoms with van der Waals surface area (Å²) in [5.41, 5.74) is 2.64. The van der Waals surface area contributed by atoms with Crippen LogP contribution in [-0.2, 0) is 4.79 Å². The van der Waals surface area contributed by atoms with Crippen molar-refractivity contribution in [2.75, 3.05) is 29.1 Å². The van der Waals surface area contributed by atoms with E-state index in [1.807, 2.05) is 42.5 Å². The van der Waals surface area contributed by atoms with Gasteiger partial charge in [-0.25, -0.2) is 0 Å². The van der Waals surface area contributed by atoms with Crippen LogP contribution in [0.1, 0.15) is 49.4 Å². The van der Waals surface area contributed by atoms with Gasteiger partial charge in [0, 0.05) is 22.6 Å². The van der Waals surface area contributed by atoms with E-state index >= 15 is 0 Å². The van der Waals surface area contributed by atoms with E-state index in [1.165, 1.54) is 25.7 Å². The topological polar surface area (TPSA) is 79.5 Å². The van der Waals surface area contributed by atoms with Crippen LogP contribution in [0.15, 0.2) is 78.9 Å². The monoisotopic (exact) mass is 459 g/mol. The van der Waals surface area contributed by atoms with E-state index in [-0.39, 0.29) is 18.4 Å². The molecular weight excluding hydrogens is 426 g/mol. The Morgan fingerprint density at radius 3 is 2.18 bits per heavy atom. The highest BCUT2D eigenvalue weighted by atomic mass is 16.5. The third-order valence-corrected chi connectivity index (χ3v) is 5.26. The first-order valence-electron chi connectivity index (χ1n) is 11.9. The lowest BCUT2D eigenvalue weighted by molar-refractivity contribution is -0.114. The van der Waals surface area contributed by atoms with Crippen LogP contribution in [0.5, 0.6) is 5.75 Å². The minimum atomic E-state index is -0.199. The Balaban J connectivity index is 1.41. The van der Waals surface area contributed by atoms with Crippen molar-refractivity contribution in [3.63, 3.8) is 0 Å². The Labute approximate surface area is 201 Å². The number of benzene rings is 3. The van der Waals surface area contributed by atoms with Gasteiger partial charge in [-0.3, -0.25) is 9.59 Å². The number of ether oxygens (including phenoxy) is 1. The number of unbranched alkanes of at least 4 members (excludes halogenated alkanes) is 4. The second-order valence-corrected chi connectivity index (χ2v) is 8.09. The summed E-state index contributed by atoms with van der Waals surface area (Å²) in [5.74, 6) is 0.452. The predicted octanol–water partition coefficient (Wildman–Crippen LogP) is 6.34. The average Bonchev–Trinajstić information content (AvgIpc) is 2.86. The third kappa shape index (κ3) is 8.62. The lowest BCUT2D eigenvalue weighted by Crippen LogP contribution is -2.21. The Morgan fingerprint density at radius 2 is 1.44 bits per heavy atom. The SMILES string of the molecule is CCCCCCCOc1ccc(NCC(=O)Nc2cccc(NC(=O)c3ccccc3)c2)cc1. The van der Waals surface area contributed by atoms with Crippen molar-refractivity contribution >= 4 is 28.9 Å². The standard InChI is InChI=1S/C28H33N3O3/c1-2-3-4-5-9-19-34-26-17-15-23(16-18-26)29-21-27(32)30-24-13-10-14-25(20-24)31-28(33)22-11-7-6-8-12-22/h6-8,10-18,20,29H,2-5,9,19,21H2,1H3,(H,30,32)(H,31,33). The number of amides is 2. The number of carbonyl (C=O) groups excluding carboxylic acids is 2. The number of carbonyl (C=O) groups is 2. The molecule has 3 N–H and O–H groups in total. The first-order valence-corrected chi connectivity index (χ1v) is 11.9. The molecule has 0 radical (unpaired) electrons. The third-order valence-electron chi connectivity index (χ3n) is 5.26. The number of anilines is 3. The first kappa shape index (κ1) is 24.8. The molecule has 0 aromatic heterocycles. The number of rotatable bonds is 13. The van der Waals surface area contributed by atoms with E-state index in [1.54, 1.807) is 36.4 Å². The molecule has 0 aliphatic heterocycles. The Morgan fingerprint density at radius 1 is 0.735 bits per heavy atom. The fourth-order valence-corrected chi connectivity index (χ4v) is 3.42. The van der Waals surface area contributed by atoms with Gasteiger partial charge in [-0.15, -0.1) is 0 Å². The fraction of sp³-hybridized carbons (Fsp3) is 0.286. The molecule has 34 heavy (non-hydrogen) atoms. The largest absolute Gasteiger partial charge is 0.494 e. The number of hydrogen-bond donors (Lipinski definition) is 3. The van der Waals surface area contributed by atoms with E-state index in [4.69, 9.17) is 4.74 Å². The maximum absolute atomic E-state index is 12.4. The van der Waals surface area contributed by atoms with Crippen molar-refractivity contribution in [1.82, 2.24) is 0 Å². The van der Waals surface area contributed by atoms with Crippen LogP contribution in [-0.4, -0.2) is 25.0 Å². The molecule has 0 saturated heterocycles. The maximum atomic E-state index is 12.4. The molecule has 178 valence electrons. The molecule has 3 aromatic rings. The van der Waals surface area contributed by atoms with E-state index in [0.29, 0.717) is 16.9 Å². The summed E-state index contributed by atoms with van der Waals surface area (Å²) in [4.78, 5) is 24.7. The zero-order valence-corrected chi connectivity index (χ0v) is 19.7. The van der Waals surface area contributed by atoms with Gasteiger partial charge in [0.2, 0.25) is 5.91 Å². The molecule has 3 rings (SSSR count). The van der Waals surface area contributed by atoms with Gasteiger partial charge in [0.1, 0.15) is 5.75 Å². The maximum Gasteiger partial charge on any atom is 0.255 e. The highest BCUT2D eigenvalue weighted by Crippen LogP contribution is 2.18. The van der Waals surface area contributed by atoms with E-state index < -0.39 is 0 Å². The molecule has 0 saturated carbocycles. The normalized spacial score (nSPS) is 10.4. The van der Waals surface area contributed by atoms with Crippen LogP contribution in [0, 0.1) is 0 Å². The molecular formula is C28H33N3O3. The van der Waals surface area contributed by atoms with Gasteiger partial charge in [0.05, 0.1) is 13.2 Å². The summed E-state index contributed by atoms with van der Waals surface area (Å²) in [6, 6.07) is 23.7. The summed E-state index contributed by atoms with van der Waals surface area (Å²) in [6.07, 6.45) is 6.05. The van der Waals surface area contributed by atoms with Crippen LogP contribution >= 0.6 is 0 Å². The van der Waals surface area contributed by atoms with Crippen molar-refractivity contribution in [2.45, 2.75) is 39.0 Å². The van der Waals surface area contributed by atoms with Gasteiger partial charge in [-0.2, -0.15) is 0 Å². The highest BCUT2D eigenvalue weighted by Gasteiger charge is 2.07. The quantitative estimate of drug-likeness (QED) is 0.261. The molecule has 0 atom stereocenters. The van der Waals surface area contributed by atoms with E-state index in [9.17, 15) is 9.59 Å². The van der Waals surface area contributed by atoms with Crippen molar-refractivity contribution in [3.05, 3.63) is 84.4 Å². The minimum Gasteiger partial charge on any atom is -0.494 e. The average molecular weight is 460 g/mol. The molecule has 0 heterocycles. The van der Waals surface area contributed by atoms with Gasteiger partial charge < -0.3 is 20.7 Å². The van der Waals surface area contributed by atoms with Crippen LogP contribution in [0.2, 0.25) is 0 Å². The van der Waals surface area contributed by atoms with E-state index in [0.717, 1.165) is 24.5 Å². The van der Waals surface area contributed by atoms with Gasteiger partial charge >= 0.3 is 0 Å². The van der Waals surface area contributed by atoms with Crippen LogP contribution in [0.4, 0.5) is 17.1 Å². The molecule has 0 aliphatic rings. The second kappa shape index (κ2) is 13.7. The van der Waals surface area contributed by atoms with Gasteiger partial charge in [0.15, 0.2) is 0 Å². The van der Waals surface area contributed by atoms with Crippen molar-refractivity contribution < 1.29 is 14.3 Å². The summed E-state index contributed by atoms with van der Waals surface area (Å²) in [5, 5.41) is 8.81. The van der Waals surface area contributed by atoms with Gasteiger partial charge in [-0.1, -0.05) is 56.9 Å².